The van der Waals surface area contributed by atoms with Crippen LogP contribution in [0.4, 0.5) is 23.7 Å². The number of urea groups is 1. The fraction of sp³-hybridized carbons (Fsp3) is 0.458. The number of nitrogens with zero attached hydrogens (tertiary/aromatic N) is 4. The van der Waals surface area contributed by atoms with Crippen LogP contribution in [0.3, 0.4) is 0 Å². The maximum Gasteiger partial charge on any atom is 0.427 e. The largest absolute Gasteiger partial charge is 0.427 e. The van der Waals surface area contributed by atoms with E-state index in [0.717, 1.165) is 12.8 Å². The number of fused-ring (bicyclic) bond motifs is 1. The minimum atomic E-state index is -4.76. The van der Waals surface area contributed by atoms with E-state index in [0.29, 0.717) is 5.56 Å². The summed E-state index contributed by atoms with van der Waals surface area (Å²) in [4.78, 5) is 39.4. The molecule has 0 bridgehead atoms. The number of aromatic nitrogens is 2. The van der Waals surface area contributed by atoms with Gasteiger partial charge in [-0.1, -0.05) is 28.6 Å². The highest BCUT2D eigenvalue weighted by Gasteiger charge is 2.59. The number of amides is 2. The zero-order valence-corrected chi connectivity index (χ0v) is 21.6. The smallest absolute Gasteiger partial charge is 0.394 e. The molecule has 2 amide bonds. The summed E-state index contributed by atoms with van der Waals surface area (Å²) >= 11 is 5.81. The van der Waals surface area contributed by atoms with Gasteiger partial charge in [0.25, 0.3) is 5.56 Å². The van der Waals surface area contributed by atoms with Gasteiger partial charge in [-0.25, -0.2) is 9.59 Å². The molecule has 12 nitrogen and oxygen atoms in total. The molecule has 1 aliphatic carbocycles. The average molecular weight is 582 g/mol. The standard InChI is InChI=1S/C14H10ClF3N2O.C10H13N5O4/c15-9-3-4-11-10(7-9)13(14(16,17)18,20-12(21)19-11)6-5-8-1-2-8;1-5-3-15(10(18)12-9(5)17)8-2-6(13-14-11)7(4-16)19-8/h3-4,7-8H,1-2H2,(H2,19,20,21);3,6-8,16H,2,4H2,1H3,(H,12,17,18)/t13-;6-,7+,8+/m00/s1. The number of hydrogen-bond donors (Lipinski definition) is 4. The van der Waals surface area contributed by atoms with Gasteiger partial charge in [-0.05, 0) is 43.5 Å². The number of azide groups is 1. The van der Waals surface area contributed by atoms with Crippen molar-refractivity contribution < 1.29 is 27.8 Å². The van der Waals surface area contributed by atoms with Gasteiger partial charge < -0.3 is 20.5 Å². The molecule has 5 rings (SSSR count). The molecule has 4 atom stereocenters. The molecular formula is C24H23ClF3N7O5. The number of hydrogen-bond acceptors (Lipinski definition) is 6. The topological polar surface area (TPSA) is 174 Å². The summed E-state index contributed by atoms with van der Waals surface area (Å²) in [6.45, 7) is 1.26. The highest BCUT2D eigenvalue weighted by molar-refractivity contribution is 6.30. The van der Waals surface area contributed by atoms with Gasteiger partial charge in [-0.3, -0.25) is 14.3 Å². The van der Waals surface area contributed by atoms with E-state index < -0.39 is 47.4 Å². The van der Waals surface area contributed by atoms with Crippen molar-refractivity contribution >= 4 is 23.3 Å². The number of benzene rings is 1. The molecule has 1 saturated carbocycles. The molecule has 0 spiro atoms. The Labute approximate surface area is 229 Å². The Morgan fingerprint density at radius 3 is 2.67 bits per heavy atom. The van der Waals surface area contributed by atoms with Crippen LogP contribution in [0.5, 0.6) is 0 Å². The summed E-state index contributed by atoms with van der Waals surface area (Å²) in [6, 6.07) is 2.46. The van der Waals surface area contributed by atoms with Gasteiger partial charge in [-0.15, -0.1) is 0 Å². The number of carbonyl (C=O) groups is 1. The van der Waals surface area contributed by atoms with Gasteiger partial charge >= 0.3 is 17.9 Å². The molecule has 2 fully saturated rings. The number of rotatable bonds is 3. The van der Waals surface area contributed by atoms with Gasteiger partial charge in [0.05, 0.1) is 18.8 Å². The number of aryl methyl sites for hydroxylation is 1. The van der Waals surface area contributed by atoms with Crippen molar-refractivity contribution in [3.8, 4) is 11.8 Å². The molecule has 1 aromatic heterocycles. The Morgan fingerprint density at radius 1 is 1.32 bits per heavy atom. The molecule has 16 heteroatoms. The maximum absolute atomic E-state index is 13.7. The van der Waals surface area contributed by atoms with Crippen LogP contribution in [-0.2, 0) is 10.3 Å². The van der Waals surface area contributed by atoms with Crippen LogP contribution >= 0.6 is 11.6 Å². The van der Waals surface area contributed by atoms with E-state index in [1.807, 2.05) is 5.32 Å². The Hall–Kier alpha value is -3.96. The zero-order chi connectivity index (χ0) is 29.2. The van der Waals surface area contributed by atoms with E-state index in [1.165, 1.54) is 29.0 Å². The second kappa shape index (κ2) is 11.3. The second-order valence-corrected chi connectivity index (χ2v) is 9.80. The van der Waals surface area contributed by atoms with E-state index in [2.05, 4.69) is 32.2 Å². The number of aliphatic hydroxyl groups excluding tert-OH is 1. The predicted octanol–water partition coefficient (Wildman–Crippen LogP) is 3.45. The third-order valence-corrected chi connectivity index (χ3v) is 6.68. The lowest BCUT2D eigenvalue weighted by molar-refractivity contribution is -0.178. The fourth-order valence-corrected chi connectivity index (χ4v) is 4.37. The molecule has 2 aromatic rings. The van der Waals surface area contributed by atoms with Crippen molar-refractivity contribution in [3.05, 3.63) is 71.8 Å². The summed E-state index contributed by atoms with van der Waals surface area (Å²) in [5.41, 5.74) is 4.91. The van der Waals surface area contributed by atoms with Crippen molar-refractivity contribution in [2.45, 2.75) is 56.3 Å². The maximum atomic E-state index is 13.7. The molecule has 0 radical (unpaired) electrons. The van der Waals surface area contributed by atoms with Crippen LogP contribution in [0.2, 0.25) is 5.02 Å². The van der Waals surface area contributed by atoms with E-state index in [4.69, 9.17) is 27.0 Å². The second-order valence-electron chi connectivity index (χ2n) is 9.36. The third kappa shape index (κ3) is 5.95. The van der Waals surface area contributed by atoms with E-state index in [1.54, 1.807) is 6.92 Å². The molecule has 40 heavy (non-hydrogen) atoms. The summed E-state index contributed by atoms with van der Waals surface area (Å²) in [7, 11) is 0. The summed E-state index contributed by atoms with van der Waals surface area (Å²) in [5, 5.41) is 17.1. The van der Waals surface area contributed by atoms with E-state index >= 15 is 0 Å². The van der Waals surface area contributed by atoms with Crippen LogP contribution in [-0.4, -0.2) is 45.6 Å². The fourth-order valence-electron chi connectivity index (χ4n) is 4.20. The lowest BCUT2D eigenvalue weighted by Crippen LogP contribution is -2.59. The molecular weight excluding hydrogens is 559 g/mol. The lowest BCUT2D eigenvalue weighted by Gasteiger charge is -2.37. The number of aromatic amines is 1. The quantitative estimate of drug-likeness (QED) is 0.188. The number of aliphatic hydroxyl groups is 1. The molecule has 3 heterocycles. The van der Waals surface area contributed by atoms with Crippen LogP contribution in [0.1, 0.15) is 36.6 Å². The highest BCUT2D eigenvalue weighted by atomic mass is 35.5. The first-order valence-corrected chi connectivity index (χ1v) is 12.4. The molecule has 4 N–H and O–H groups in total. The van der Waals surface area contributed by atoms with Gasteiger partial charge in [-0.2, -0.15) is 13.2 Å². The molecule has 2 aliphatic heterocycles. The van der Waals surface area contributed by atoms with E-state index in [9.17, 15) is 27.6 Å². The van der Waals surface area contributed by atoms with Crippen LogP contribution < -0.4 is 21.9 Å². The SMILES string of the molecule is Cc1cn([C@H]2C[C@H](N=[N+]=[N-])[C@@H](CO)O2)c(=O)[nH]c1=O.O=C1Nc2ccc(Cl)cc2[C@@](C#CC2CC2)(C(F)(F)F)N1. The minimum Gasteiger partial charge on any atom is -0.394 e. The van der Waals surface area contributed by atoms with Crippen LogP contribution in [0.25, 0.3) is 10.4 Å². The molecule has 1 saturated heterocycles. The predicted molar refractivity (Wildman–Crippen MR) is 136 cm³/mol. The highest BCUT2D eigenvalue weighted by Crippen LogP contribution is 2.45. The van der Waals surface area contributed by atoms with Crippen molar-refractivity contribution in [1.82, 2.24) is 14.9 Å². The molecule has 1 aromatic carbocycles. The zero-order valence-electron chi connectivity index (χ0n) is 20.8. The van der Waals surface area contributed by atoms with Crippen molar-refractivity contribution in [3.63, 3.8) is 0 Å². The third-order valence-electron chi connectivity index (χ3n) is 6.44. The van der Waals surface area contributed by atoms with Crippen LogP contribution in [0, 0.1) is 24.7 Å². The van der Waals surface area contributed by atoms with E-state index in [-0.39, 0.29) is 35.2 Å². The molecule has 212 valence electrons. The van der Waals surface area contributed by atoms with Crippen molar-refractivity contribution in [1.29, 1.82) is 0 Å². The first kappa shape index (κ1) is 29.0. The van der Waals surface area contributed by atoms with Crippen LogP contribution in [0.15, 0.2) is 39.1 Å². The van der Waals surface area contributed by atoms with Gasteiger partial charge in [0.15, 0.2) is 0 Å². The number of nitrogens with one attached hydrogen (secondary N) is 3. The Balaban J connectivity index is 0.000000186. The number of halogens is 4. The number of ether oxygens (including phenoxy) is 1. The first-order valence-electron chi connectivity index (χ1n) is 12.0. The number of anilines is 1. The Bertz CT molecular complexity index is 1540. The monoisotopic (exact) mass is 581 g/mol. The Kier molecular flexibility index (Phi) is 8.18. The summed E-state index contributed by atoms with van der Waals surface area (Å²) < 4.78 is 47.7. The Morgan fingerprint density at radius 2 is 2.05 bits per heavy atom. The average Bonchev–Trinajstić information content (AvgIpc) is 3.63. The first-order chi connectivity index (χ1) is 18.9. The lowest BCUT2D eigenvalue weighted by atomic mass is 9.86. The summed E-state index contributed by atoms with van der Waals surface area (Å²) in [5.74, 6) is 4.82. The molecule has 3 aliphatic rings. The number of alkyl halides is 3. The van der Waals surface area contributed by atoms with Gasteiger partial charge in [0.1, 0.15) is 6.23 Å². The number of carbonyl (C=O) groups excluding carboxylic acids is 1. The van der Waals surface area contributed by atoms with Crippen molar-refractivity contribution in [2.24, 2.45) is 11.0 Å². The number of H-pyrrole nitrogens is 1. The molecule has 0 unspecified atom stereocenters. The van der Waals surface area contributed by atoms with Gasteiger partial charge in [0.2, 0.25) is 5.54 Å². The minimum absolute atomic E-state index is 0.0290. The van der Waals surface area contributed by atoms with Crippen molar-refractivity contribution in [2.75, 3.05) is 11.9 Å². The summed E-state index contributed by atoms with van der Waals surface area (Å²) in [6.07, 6.45) is -2.85. The van der Waals surface area contributed by atoms with Gasteiger partial charge in [0, 0.05) is 45.3 Å². The normalized spacial score (nSPS) is 25.1.